The van der Waals surface area contributed by atoms with Crippen LogP contribution in [0.25, 0.3) is 0 Å². The van der Waals surface area contributed by atoms with Crippen molar-refractivity contribution in [2.45, 2.75) is 37.8 Å². The number of ether oxygens (including phenoxy) is 1. The zero-order chi connectivity index (χ0) is 22.0. The number of aryl methyl sites for hydroxylation is 1. The number of rotatable bonds is 6. The molecule has 9 heteroatoms. The Kier molecular flexibility index (Phi) is 6.43. The molecule has 1 aliphatic rings. The minimum Gasteiger partial charge on any atom is -0.456 e. The van der Waals surface area contributed by atoms with Crippen LogP contribution in [0.5, 0.6) is 0 Å². The van der Waals surface area contributed by atoms with Gasteiger partial charge in [0.2, 0.25) is 10.0 Å². The second-order valence-corrected chi connectivity index (χ2v) is 10.4. The summed E-state index contributed by atoms with van der Waals surface area (Å²) in [7, 11) is -3.79. The van der Waals surface area contributed by atoms with Gasteiger partial charge >= 0.3 is 5.97 Å². The Labute approximate surface area is 190 Å². The maximum absolute atomic E-state index is 13.2. The summed E-state index contributed by atoms with van der Waals surface area (Å²) < 4.78 is 33.2. The van der Waals surface area contributed by atoms with Gasteiger partial charge in [0, 0.05) is 18.5 Å². The Bertz CT molecular complexity index is 1220. The molecule has 162 valence electrons. The van der Waals surface area contributed by atoms with Crippen molar-refractivity contribution >= 4 is 38.9 Å². The van der Waals surface area contributed by atoms with Gasteiger partial charge in [-0.15, -0.1) is 11.3 Å². The van der Waals surface area contributed by atoms with E-state index in [9.17, 15) is 13.2 Å². The molecule has 0 atom stereocenters. The number of carbonyl (C=O) groups excluding carboxylic acids is 1. The summed E-state index contributed by atoms with van der Waals surface area (Å²) in [4.78, 5) is 17.0. The molecule has 0 unspecified atom stereocenters. The highest BCUT2D eigenvalue weighted by molar-refractivity contribution is 7.89. The van der Waals surface area contributed by atoms with Crippen LogP contribution in [0.15, 0.2) is 52.7 Å². The van der Waals surface area contributed by atoms with Gasteiger partial charge in [0.25, 0.3) is 0 Å². The maximum atomic E-state index is 13.2. The van der Waals surface area contributed by atoms with Gasteiger partial charge in [-0.25, -0.2) is 18.2 Å². The van der Waals surface area contributed by atoms with Crippen molar-refractivity contribution in [2.75, 3.05) is 6.54 Å². The van der Waals surface area contributed by atoms with Crippen molar-refractivity contribution in [3.63, 3.8) is 0 Å². The van der Waals surface area contributed by atoms with Crippen LogP contribution >= 0.6 is 22.9 Å². The molecule has 1 aromatic heterocycles. The first-order valence-electron chi connectivity index (χ1n) is 9.85. The predicted octanol–water partition coefficient (Wildman–Crippen LogP) is 4.46. The van der Waals surface area contributed by atoms with Gasteiger partial charge < -0.3 is 4.74 Å². The van der Waals surface area contributed by atoms with Crippen LogP contribution in [0.2, 0.25) is 5.02 Å². The number of nitrogens with zero attached hydrogens (tertiary/aromatic N) is 2. The number of hydrogen-bond donors (Lipinski definition) is 0. The van der Waals surface area contributed by atoms with E-state index in [1.54, 1.807) is 0 Å². The molecule has 3 aromatic rings. The number of halogens is 1. The molecule has 2 aromatic carbocycles. The molecule has 0 spiro atoms. The smallest absolute Gasteiger partial charge is 0.340 e. The number of fused-ring (bicyclic) bond motifs is 1. The summed E-state index contributed by atoms with van der Waals surface area (Å²) in [6.07, 6.45) is 1.45. The minimum atomic E-state index is -3.79. The van der Waals surface area contributed by atoms with E-state index in [0.29, 0.717) is 25.2 Å². The highest BCUT2D eigenvalue weighted by Crippen LogP contribution is 2.28. The highest BCUT2D eigenvalue weighted by Gasteiger charge is 2.29. The van der Waals surface area contributed by atoms with Gasteiger partial charge in [-0.1, -0.05) is 42.8 Å². The van der Waals surface area contributed by atoms with Crippen LogP contribution in [0, 0.1) is 0 Å². The molecular formula is C22H21ClN2O4S2. The van der Waals surface area contributed by atoms with Gasteiger partial charge in [-0.05, 0) is 42.2 Å². The molecule has 31 heavy (non-hydrogen) atoms. The third-order valence-electron chi connectivity index (χ3n) is 5.14. The van der Waals surface area contributed by atoms with Crippen LogP contribution in [-0.4, -0.2) is 30.2 Å². The first-order valence-corrected chi connectivity index (χ1v) is 12.5. The Hall–Kier alpha value is -2.26. The Balaban J connectivity index is 1.53. The van der Waals surface area contributed by atoms with E-state index in [2.05, 4.69) is 4.98 Å². The molecule has 0 aliphatic carbocycles. The number of aromatic nitrogens is 1. The first kappa shape index (κ1) is 22.0. The Morgan fingerprint density at radius 1 is 1.23 bits per heavy atom. The SMILES string of the molecule is CCc1nc(COC(=O)c2cc(S(=O)(=O)N3CCc4ccccc4C3)ccc2Cl)cs1. The van der Waals surface area contributed by atoms with Crippen LogP contribution in [0.1, 0.15) is 39.1 Å². The van der Waals surface area contributed by atoms with E-state index in [4.69, 9.17) is 16.3 Å². The molecule has 0 N–H and O–H groups in total. The van der Waals surface area contributed by atoms with Gasteiger partial charge in [0.1, 0.15) is 6.61 Å². The van der Waals surface area contributed by atoms with E-state index in [1.807, 2.05) is 36.6 Å². The monoisotopic (exact) mass is 476 g/mol. The molecule has 6 nitrogen and oxygen atoms in total. The number of benzene rings is 2. The van der Waals surface area contributed by atoms with Gasteiger partial charge in [-0.3, -0.25) is 0 Å². The number of thiazole rings is 1. The molecule has 1 aliphatic heterocycles. The molecule has 0 radical (unpaired) electrons. The van der Waals surface area contributed by atoms with E-state index in [0.717, 1.165) is 22.6 Å². The molecule has 0 bridgehead atoms. The van der Waals surface area contributed by atoms with Crippen LogP contribution in [0.3, 0.4) is 0 Å². The van der Waals surface area contributed by atoms with Crippen LogP contribution in [-0.2, 0) is 40.8 Å². The lowest BCUT2D eigenvalue weighted by Gasteiger charge is -2.28. The van der Waals surface area contributed by atoms with E-state index >= 15 is 0 Å². The van der Waals surface area contributed by atoms with Gasteiger partial charge in [-0.2, -0.15) is 4.31 Å². The molecule has 4 rings (SSSR count). The summed E-state index contributed by atoms with van der Waals surface area (Å²) in [6, 6.07) is 11.9. The van der Waals surface area contributed by atoms with E-state index in [-0.39, 0.29) is 22.1 Å². The van der Waals surface area contributed by atoms with Crippen LogP contribution < -0.4 is 0 Å². The van der Waals surface area contributed by atoms with Crippen LogP contribution in [0.4, 0.5) is 0 Å². The van der Waals surface area contributed by atoms with E-state index < -0.39 is 16.0 Å². The second-order valence-electron chi connectivity index (χ2n) is 7.16. The molecule has 0 fully saturated rings. The standard InChI is InChI=1S/C22H21ClN2O4S2/c1-2-21-24-17(14-30-21)13-29-22(26)19-11-18(7-8-20(19)23)31(27,28)25-10-9-15-5-3-4-6-16(15)12-25/h3-8,11,14H,2,9-10,12-13H2,1H3. The van der Waals surface area contributed by atoms with Crippen molar-refractivity contribution in [3.8, 4) is 0 Å². The Morgan fingerprint density at radius 3 is 2.74 bits per heavy atom. The zero-order valence-electron chi connectivity index (χ0n) is 16.9. The number of carbonyl (C=O) groups is 1. The maximum Gasteiger partial charge on any atom is 0.340 e. The number of hydrogen-bond acceptors (Lipinski definition) is 6. The van der Waals surface area contributed by atoms with Gasteiger partial charge in [0.15, 0.2) is 0 Å². The third-order valence-corrected chi connectivity index (χ3v) is 8.36. The fourth-order valence-electron chi connectivity index (χ4n) is 3.44. The lowest BCUT2D eigenvalue weighted by atomic mass is 10.0. The molecule has 2 heterocycles. The number of esters is 1. The van der Waals surface area contributed by atoms with Crippen molar-refractivity contribution in [1.29, 1.82) is 0 Å². The van der Waals surface area contributed by atoms with E-state index in [1.165, 1.54) is 33.8 Å². The van der Waals surface area contributed by atoms with Gasteiger partial charge in [0.05, 0.1) is 26.2 Å². The molecule has 0 saturated heterocycles. The summed E-state index contributed by atoms with van der Waals surface area (Å²) in [6.45, 7) is 2.68. The fraction of sp³-hybridized carbons (Fsp3) is 0.273. The van der Waals surface area contributed by atoms with Crippen molar-refractivity contribution in [2.24, 2.45) is 0 Å². The first-order chi connectivity index (χ1) is 14.9. The molecule has 0 amide bonds. The average Bonchev–Trinajstić information content (AvgIpc) is 3.25. The van der Waals surface area contributed by atoms with Crippen molar-refractivity contribution in [3.05, 3.63) is 80.3 Å². The summed E-state index contributed by atoms with van der Waals surface area (Å²) in [5, 5.41) is 2.93. The predicted molar refractivity (Wildman–Crippen MR) is 120 cm³/mol. The Morgan fingerprint density at radius 2 is 2.00 bits per heavy atom. The third kappa shape index (κ3) is 4.67. The zero-order valence-corrected chi connectivity index (χ0v) is 19.3. The normalized spacial score (nSPS) is 14.3. The fourth-order valence-corrected chi connectivity index (χ4v) is 5.81. The summed E-state index contributed by atoms with van der Waals surface area (Å²) >= 11 is 7.68. The second kappa shape index (κ2) is 9.08. The van der Waals surface area contributed by atoms with Crippen molar-refractivity contribution < 1.29 is 17.9 Å². The lowest BCUT2D eigenvalue weighted by molar-refractivity contribution is 0.0468. The number of sulfonamides is 1. The van der Waals surface area contributed by atoms with Crippen molar-refractivity contribution in [1.82, 2.24) is 9.29 Å². The average molecular weight is 477 g/mol. The largest absolute Gasteiger partial charge is 0.456 e. The summed E-state index contributed by atoms with van der Waals surface area (Å²) in [5.41, 5.74) is 2.82. The molecular weight excluding hydrogens is 456 g/mol. The minimum absolute atomic E-state index is 0.00550. The quantitative estimate of drug-likeness (QED) is 0.491. The summed E-state index contributed by atoms with van der Waals surface area (Å²) in [5.74, 6) is -0.683. The lowest BCUT2D eigenvalue weighted by Crippen LogP contribution is -2.36. The topological polar surface area (TPSA) is 76.6 Å². The molecule has 0 saturated carbocycles. The highest BCUT2D eigenvalue weighted by atomic mass is 35.5.